The molecule has 7 heteroatoms. The zero-order valence-corrected chi connectivity index (χ0v) is 7.43. The molecule has 0 heterocycles. The van der Waals surface area contributed by atoms with E-state index < -0.39 is 30.3 Å². The third-order valence-corrected chi connectivity index (χ3v) is 2.57. The number of aliphatic hydroxyl groups is 4. The van der Waals surface area contributed by atoms with E-state index in [-0.39, 0.29) is 13.0 Å². The smallest absolute Gasteiger partial charge is 0.0921 e. The quantitative estimate of drug-likeness (QED) is 0.259. The minimum atomic E-state index is -1.27. The van der Waals surface area contributed by atoms with E-state index in [9.17, 15) is 15.3 Å². The van der Waals surface area contributed by atoms with Crippen molar-refractivity contribution in [3.63, 3.8) is 0 Å². The zero-order chi connectivity index (χ0) is 10.7. The maximum Gasteiger partial charge on any atom is 0.0921 e. The van der Waals surface area contributed by atoms with E-state index in [1.807, 2.05) is 0 Å². The van der Waals surface area contributed by atoms with Crippen molar-refractivity contribution in [2.24, 2.45) is 11.0 Å². The predicted octanol–water partition coefficient (Wildman–Crippen LogP) is -1.24. The van der Waals surface area contributed by atoms with Crippen LogP contribution in [0.3, 0.4) is 0 Å². The molecule has 0 unspecified atom stereocenters. The van der Waals surface area contributed by atoms with E-state index >= 15 is 0 Å². The van der Waals surface area contributed by atoms with Crippen LogP contribution in [0.5, 0.6) is 0 Å². The predicted molar refractivity (Wildman–Crippen MR) is 46.1 cm³/mol. The molecule has 1 rings (SSSR count). The highest BCUT2D eigenvalue weighted by Gasteiger charge is 2.47. The highest BCUT2D eigenvalue weighted by atomic mass is 16.3. The van der Waals surface area contributed by atoms with Gasteiger partial charge in [0.05, 0.1) is 24.4 Å². The molecular weight excluding hydrogens is 190 g/mol. The average molecular weight is 203 g/mol. The van der Waals surface area contributed by atoms with Crippen molar-refractivity contribution in [3.05, 3.63) is 10.4 Å². The summed E-state index contributed by atoms with van der Waals surface area (Å²) in [5.74, 6) is -0.648. The van der Waals surface area contributed by atoms with Crippen molar-refractivity contribution >= 4 is 0 Å². The largest absolute Gasteiger partial charge is 0.396 e. The Kier molecular flexibility index (Phi) is 3.68. The highest BCUT2D eigenvalue weighted by Crippen LogP contribution is 2.31. The van der Waals surface area contributed by atoms with E-state index in [4.69, 9.17) is 10.6 Å². The van der Waals surface area contributed by atoms with Gasteiger partial charge in [-0.3, -0.25) is 0 Å². The molecule has 1 aliphatic carbocycles. The van der Waals surface area contributed by atoms with Gasteiger partial charge < -0.3 is 20.4 Å². The van der Waals surface area contributed by atoms with Crippen LogP contribution in [-0.4, -0.2) is 51.4 Å². The maximum atomic E-state index is 9.56. The van der Waals surface area contributed by atoms with Gasteiger partial charge in [-0.25, -0.2) is 0 Å². The first-order chi connectivity index (χ1) is 6.63. The molecule has 1 aliphatic rings. The third-order valence-electron chi connectivity index (χ3n) is 2.57. The monoisotopic (exact) mass is 203 g/mol. The first-order valence-corrected chi connectivity index (χ1v) is 4.32. The van der Waals surface area contributed by atoms with E-state index in [2.05, 4.69) is 10.0 Å². The number of azide groups is 1. The van der Waals surface area contributed by atoms with Crippen LogP contribution >= 0.6 is 0 Å². The van der Waals surface area contributed by atoms with Gasteiger partial charge in [-0.1, -0.05) is 5.11 Å². The lowest BCUT2D eigenvalue weighted by atomic mass is 10.00. The first kappa shape index (κ1) is 11.2. The van der Waals surface area contributed by atoms with Crippen LogP contribution in [0.4, 0.5) is 0 Å². The molecule has 0 aromatic heterocycles. The summed E-state index contributed by atoms with van der Waals surface area (Å²) in [4.78, 5) is 2.48. The minimum absolute atomic E-state index is 0.164. The molecule has 80 valence electrons. The van der Waals surface area contributed by atoms with Gasteiger partial charge in [0.2, 0.25) is 0 Å². The summed E-state index contributed by atoms with van der Waals surface area (Å²) in [6.45, 7) is -0.200. The van der Waals surface area contributed by atoms with Gasteiger partial charge in [0.15, 0.2) is 0 Å². The SMILES string of the molecule is [N-]=[N+]=N[C@H]1[C@H](O)[C@@H](CCO)[C@@H](O)[C@@H]1O. The van der Waals surface area contributed by atoms with Crippen molar-refractivity contribution in [2.45, 2.75) is 30.8 Å². The average Bonchev–Trinajstić information content (AvgIpc) is 2.36. The standard InChI is InChI=1S/C7H13N3O4/c8-10-9-4-5(12)3(1-2-11)6(13)7(4)14/h3-7,11-14H,1-2H2/t3-,4+,5-,6-,7-/m1/s1. The van der Waals surface area contributed by atoms with Gasteiger partial charge in [0.25, 0.3) is 0 Å². The van der Waals surface area contributed by atoms with Crippen LogP contribution in [0.25, 0.3) is 10.4 Å². The summed E-state index contributed by atoms with van der Waals surface area (Å²) < 4.78 is 0. The number of nitrogens with zero attached hydrogens (tertiary/aromatic N) is 3. The second kappa shape index (κ2) is 4.59. The van der Waals surface area contributed by atoms with Gasteiger partial charge in [-0.05, 0) is 12.0 Å². The zero-order valence-electron chi connectivity index (χ0n) is 7.43. The van der Waals surface area contributed by atoms with E-state index in [1.165, 1.54) is 0 Å². The van der Waals surface area contributed by atoms with Crippen LogP contribution in [0.1, 0.15) is 6.42 Å². The van der Waals surface area contributed by atoms with E-state index in [0.29, 0.717) is 0 Å². The minimum Gasteiger partial charge on any atom is -0.396 e. The van der Waals surface area contributed by atoms with Gasteiger partial charge in [-0.2, -0.15) is 0 Å². The Morgan fingerprint density at radius 1 is 1.14 bits per heavy atom. The molecule has 4 N–H and O–H groups in total. The molecule has 0 saturated heterocycles. The van der Waals surface area contributed by atoms with Crippen LogP contribution in [-0.2, 0) is 0 Å². The molecule has 0 aliphatic heterocycles. The van der Waals surface area contributed by atoms with Crippen LogP contribution in [0, 0.1) is 5.92 Å². The number of rotatable bonds is 3. The topological polar surface area (TPSA) is 130 Å². The summed E-state index contributed by atoms with van der Waals surface area (Å²) in [5.41, 5.74) is 8.17. The Balaban J connectivity index is 2.78. The molecule has 0 radical (unpaired) electrons. The van der Waals surface area contributed by atoms with E-state index in [0.717, 1.165) is 0 Å². The summed E-state index contributed by atoms with van der Waals surface area (Å²) in [6.07, 6.45) is -3.37. The lowest BCUT2D eigenvalue weighted by Gasteiger charge is -2.16. The van der Waals surface area contributed by atoms with Crippen molar-refractivity contribution in [3.8, 4) is 0 Å². The molecule has 7 nitrogen and oxygen atoms in total. The van der Waals surface area contributed by atoms with Crippen molar-refractivity contribution in [1.29, 1.82) is 0 Å². The second-order valence-electron chi connectivity index (χ2n) is 3.34. The van der Waals surface area contributed by atoms with Gasteiger partial charge in [0.1, 0.15) is 0 Å². The normalized spacial score (nSPS) is 42.1. The molecular formula is C7H13N3O4. The van der Waals surface area contributed by atoms with E-state index in [1.54, 1.807) is 0 Å². The Morgan fingerprint density at radius 2 is 1.79 bits per heavy atom. The van der Waals surface area contributed by atoms with Crippen LogP contribution in [0.15, 0.2) is 5.11 Å². The number of aliphatic hydroxyl groups excluding tert-OH is 4. The Labute approximate surface area is 80.2 Å². The van der Waals surface area contributed by atoms with Crippen LogP contribution < -0.4 is 0 Å². The molecule has 0 bridgehead atoms. The highest BCUT2D eigenvalue weighted by molar-refractivity contribution is 5.02. The molecule has 0 aromatic carbocycles. The Hall–Kier alpha value is -0.850. The fraction of sp³-hybridized carbons (Fsp3) is 1.00. The fourth-order valence-corrected chi connectivity index (χ4v) is 1.80. The molecule has 14 heavy (non-hydrogen) atoms. The summed E-state index contributed by atoms with van der Waals surface area (Å²) in [7, 11) is 0. The summed E-state index contributed by atoms with van der Waals surface area (Å²) >= 11 is 0. The number of hydrogen-bond acceptors (Lipinski definition) is 5. The second-order valence-corrected chi connectivity index (χ2v) is 3.34. The Morgan fingerprint density at radius 3 is 2.29 bits per heavy atom. The summed E-state index contributed by atoms with van der Waals surface area (Å²) in [5, 5.41) is 40.3. The maximum absolute atomic E-state index is 9.56. The molecule has 5 atom stereocenters. The molecule has 0 amide bonds. The van der Waals surface area contributed by atoms with Gasteiger partial charge in [0, 0.05) is 17.4 Å². The van der Waals surface area contributed by atoms with Gasteiger partial charge in [-0.15, -0.1) is 0 Å². The molecule has 1 fully saturated rings. The summed E-state index contributed by atoms with van der Waals surface area (Å²) in [6, 6.07) is -1.04. The van der Waals surface area contributed by atoms with Crippen molar-refractivity contribution in [2.75, 3.05) is 6.61 Å². The van der Waals surface area contributed by atoms with Crippen LogP contribution in [0.2, 0.25) is 0 Å². The lowest BCUT2D eigenvalue weighted by Crippen LogP contribution is -2.30. The van der Waals surface area contributed by atoms with Crippen molar-refractivity contribution in [1.82, 2.24) is 0 Å². The third kappa shape index (κ3) is 1.82. The molecule has 1 saturated carbocycles. The van der Waals surface area contributed by atoms with Gasteiger partial charge >= 0.3 is 0 Å². The molecule has 0 aromatic rings. The first-order valence-electron chi connectivity index (χ1n) is 4.32. The van der Waals surface area contributed by atoms with Crippen molar-refractivity contribution < 1.29 is 20.4 Å². The fourth-order valence-electron chi connectivity index (χ4n) is 1.80. The Bertz CT molecular complexity index is 243. The number of hydrogen-bond donors (Lipinski definition) is 4. The molecule has 0 spiro atoms. The lowest BCUT2D eigenvalue weighted by molar-refractivity contribution is 0.00508.